The lowest BCUT2D eigenvalue weighted by molar-refractivity contribution is 0.845. The first kappa shape index (κ1) is 13.8. The molecule has 2 heteroatoms. The molecule has 0 aliphatic rings. The van der Waals surface area contributed by atoms with Crippen molar-refractivity contribution >= 4 is 5.84 Å². The molecule has 0 saturated carbocycles. The maximum atomic E-state index is 4.01. The van der Waals surface area contributed by atoms with Crippen LogP contribution in [0.3, 0.4) is 0 Å². The van der Waals surface area contributed by atoms with Crippen molar-refractivity contribution in [3.63, 3.8) is 0 Å². The van der Waals surface area contributed by atoms with Crippen LogP contribution >= 0.6 is 0 Å². The van der Waals surface area contributed by atoms with E-state index in [1.54, 1.807) is 13.2 Å². The zero-order chi connectivity index (χ0) is 9.98. The van der Waals surface area contributed by atoms with E-state index >= 15 is 0 Å². The molecule has 72 valence electrons. The van der Waals surface area contributed by atoms with Crippen LogP contribution in [-0.2, 0) is 0 Å². The molecule has 0 bridgehead atoms. The van der Waals surface area contributed by atoms with Crippen molar-refractivity contribution in [2.45, 2.75) is 34.1 Å². The molecule has 0 heterocycles. The Morgan fingerprint density at radius 1 is 1.50 bits per heavy atom. The van der Waals surface area contributed by atoms with Gasteiger partial charge in [-0.25, -0.2) is 0 Å². The summed E-state index contributed by atoms with van der Waals surface area (Å²) in [6, 6.07) is 0. The second kappa shape index (κ2) is 10.2. The van der Waals surface area contributed by atoms with Crippen molar-refractivity contribution in [3.05, 3.63) is 12.8 Å². The molecule has 0 atom stereocenters. The third-order valence-electron chi connectivity index (χ3n) is 1.04. The number of rotatable bonds is 2. The molecular weight excluding hydrogens is 148 g/mol. The fourth-order valence-corrected chi connectivity index (χ4v) is 0.594. The number of nitrogens with zero attached hydrogens (tertiary/aromatic N) is 1. The Bertz CT molecular complexity index is 126. The zero-order valence-electron chi connectivity index (χ0n) is 9.02. The summed E-state index contributed by atoms with van der Waals surface area (Å²) in [4.78, 5) is 4.01. The number of hydrogen-bond donors (Lipinski definition) is 1. The summed E-state index contributed by atoms with van der Waals surface area (Å²) in [5.74, 6) is 1.43. The van der Waals surface area contributed by atoms with Crippen LogP contribution in [0.1, 0.15) is 34.1 Å². The molecule has 0 aliphatic heterocycles. The molecule has 0 aliphatic carbocycles. The number of amidine groups is 1. The van der Waals surface area contributed by atoms with E-state index in [4.69, 9.17) is 0 Å². The van der Waals surface area contributed by atoms with E-state index in [9.17, 15) is 0 Å². The van der Waals surface area contributed by atoms with Crippen LogP contribution in [0.5, 0.6) is 0 Å². The molecule has 0 aromatic rings. The maximum absolute atomic E-state index is 4.01. The van der Waals surface area contributed by atoms with Crippen LogP contribution < -0.4 is 5.32 Å². The summed E-state index contributed by atoms with van der Waals surface area (Å²) in [7, 11) is 1.77. The van der Waals surface area contributed by atoms with E-state index in [2.05, 4.69) is 44.6 Å². The molecule has 1 N–H and O–H groups in total. The summed E-state index contributed by atoms with van der Waals surface area (Å²) in [6.07, 6.45) is 2.89. The zero-order valence-corrected chi connectivity index (χ0v) is 9.02. The molecule has 0 radical (unpaired) electrons. The minimum absolute atomic E-state index is 0.452. The van der Waals surface area contributed by atoms with Crippen molar-refractivity contribution in [2.75, 3.05) is 7.05 Å². The molecule has 0 unspecified atom stereocenters. The van der Waals surface area contributed by atoms with Gasteiger partial charge in [0.05, 0.1) is 0 Å². The Morgan fingerprint density at radius 2 is 1.92 bits per heavy atom. The van der Waals surface area contributed by atoms with Gasteiger partial charge in [0.15, 0.2) is 0 Å². The normalized spacial score (nSPS) is 10.3. The molecule has 0 fully saturated rings. The predicted molar refractivity (Wildman–Crippen MR) is 57.5 cm³/mol. The summed E-state index contributed by atoms with van der Waals surface area (Å²) < 4.78 is 0. The Labute approximate surface area is 76.8 Å². The van der Waals surface area contributed by atoms with Gasteiger partial charge >= 0.3 is 0 Å². The summed E-state index contributed by atoms with van der Waals surface area (Å²) in [6.45, 7) is 12.0. The van der Waals surface area contributed by atoms with Gasteiger partial charge in [0, 0.05) is 13.0 Å². The average molecular weight is 170 g/mol. The fourth-order valence-electron chi connectivity index (χ4n) is 0.594. The quantitative estimate of drug-likeness (QED) is 0.500. The summed E-state index contributed by atoms with van der Waals surface area (Å²) >= 11 is 0. The first-order chi connectivity index (χ1) is 5.63. The van der Waals surface area contributed by atoms with Crippen LogP contribution in [0.4, 0.5) is 0 Å². The van der Waals surface area contributed by atoms with Crippen molar-refractivity contribution < 1.29 is 0 Å². The highest BCUT2D eigenvalue weighted by molar-refractivity contribution is 5.84. The van der Waals surface area contributed by atoms with Crippen molar-refractivity contribution in [1.29, 1.82) is 0 Å². The predicted octanol–water partition coefficient (Wildman–Crippen LogP) is 2.82. The van der Waals surface area contributed by atoms with E-state index in [0.29, 0.717) is 5.92 Å². The van der Waals surface area contributed by atoms with E-state index < -0.39 is 0 Å². The van der Waals surface area contributed by atoms with E-state index in [1.807, 2.05) is 0 Å². The van der Waals surface area contributed by atoms with Gasteiger partial charge in [-0.2, -0.15) is 0 Å². The molecule has 2 nitrogen and oxygen atoms in total. The highest BCUT2D eigenvalue weighted by atomic mass is 15.0. The van der Waals surface area contributed by atoms with Crippen molar-refractivity contribution in [2.24, 2.45) is 10.9 Å². The Morgan fingerprint density at radius 3 is 2.00 bits per heavy atom. The lowest BCUT2D eigenvalue weighted by Gasteiger charge is -2.06. The van der Waals surface area contributed by atoms with Gasteiger partial charge < -0.3 is 5.32 Å². The van der Waals surface area contributed by atoms with Crippen LogP contribution in [-0.4, -0.2) is 12.9 Å². The van der Waals surface area contributed by atoms with Gasteiger partial charge in [-0.15, -0.1) is 0 Å². The highest BCUT2D eigenvalue weighted by Gasteiger charge is 1.98. The van der Waals surface area contributed by atoms with Crippen molar-refractivity contribution in [1.82, 2.24) is 5.32 Å². The minimum Gasteiger partial charge on any atom is -0.351 e. The van der Waals surface area contributed by atoms with Gasteiger partial charge in [-0.1, -0.05) is 40.7 Å². The molecule has 0 aromatic carbocycles. The van der Waals surface area contributed by atoms with E-state index in [-0.39, 0.29) is 0 Å². The van der Waals surface area contributed by atoms with Crippen LogP contribution in [0.2, 0.25) is 0 Å². The van der Waals surface area contributed by atoms with Crippen molar-refractivity contribution in [3.8, 4) is 0 Å². The second-order valence-electron chi connectivity index (χ2n) is 2.82. The van der Waals surface area contributed by atoms with E-state index in [0.717, 1.165) is 5.84 Å². The number of hydrogen-bond acceptors (Lipinski definition) is 1. The standard InChI is InChI=1S/C7H14N2.C3H8/c1-5-9-7(8-4)6(2)3;1-3-2/h5-6H,1H2,2-4H3,(H,8,9);3H2,1-2H3. The van der Waals surface area contributed by atoms with Crippen LogP contribution in [0.25, 0.3) is 0 Å². The molecular formula is C10H22N2. The lowest BCUT2D eigenvalue weighted by atomic mass is 10.2. The largest absolute Gasteiger partial charge is 0.351 e. The van der Waals surface area contributed by atoms with Gasteiger partial charge in [0.2, 0.25) is 0 Å². The topological polar surface area (TPSA) is 24.4 Å². The van der Waals surface area contributed by atoms with Crippen LogP contribution in [0.15, 0.2) is 17.8 Å². The molecule has 0 aromatic heterocycles. The lowest BCUT2D eigenvalue weighted by Crippen LogP contribution is -2.22. The second-order valence-corrected chi connectivity index (χ2v) is 2.82. The summed E-state index contributed by atoms with van der Waals surface area (Å²) in [5, 5.41) is 2.95. The van der Waals surface area contributed by atoms with Gasteiger partial charge in [0.1, 0.15) is 5.84 Å². The molecule has 0 spiro atoms. The van der Waals surface area contributed by atoms with Gasteiger partial charge in [-0.3, -0.25) is 4.99 Å². The summed E-state index contributed by atoms with van der Waals surface area (Å²) in [5.41, 5.74) is 0. The van der Waals surface area contributed by atoms with Crippen LogP contribution in [0, 0.1) is 5.92 Å². The Hall–Kier alpha value is -0.790. The third-order valence-corrected chi connectivity index (χ3v) is 1.04. The number of aliphatic imine (C=N–C) groups is 1. The molecule has 0 rings (SSSR count). The Kier molecular flexibility index (Phi) is 11.7. The third kappa shape index (κ3) is 9.21. The molecule has 0 amide bonds. The van der Waals surface area contributed by atoms with Gasteiger partial charge in [0.25, 0.3) is 0 Å². The fraction of sp³-hybridized carbons (Fsp3) is 0.700. The molecule has 12 heavy (non-hydrogen) atoms. The maximum Gasteiger partial charge on any atom is 0.102 e. The monoisotopic (exact) mass is 170 g/mol. The SMILES string of the molecule is C=CNC(=NC)C(C)C.CCC. The first-order valence-corrected chi connectivity index (χ1v) is 4.48. The van der Waals surface area contributed by atoms with Gasteiger partial charge in [-0.05, 0) is 6.20 Å². The highest BCUT2D eigenvalue weighted by Crippen LogP contribution is 1.92. The number of nitrogens with one attached hydrogen (secondary N) is 1. The smallest absolute Gasteiger partial charge is 0.102 e. The minimum atomic E-state index is 0.452. The molecule has 0 saturated heterocycles. The first-order valence-electron chi connectivity index (χ1n) is 4.48. The van der Waals surface area contributed by atoms with E-state index in [1.165, 1.54) is 6.42 Å². The average Bonchev–Trinajstić information content (AvgIpc) is 2.01. The Balaban J connectivity index is 0.